The number of ether oxygens (including phenoxy) is 1. The van der Waals surface area contributed by atoms with Gasteiger partial charge in [0.05, 0.1) is 11.3 Å². The molecule has 8 heteroatoms. The van der Waals surface area contributed by atoms with Gasteiger partial charge >= 0.3 is 5.97 Å². The molecule has 2 amide bonds. The van der Waals surface area contributed by atoms with Crippen molar-refractivity contribution in [3.05, 3.63) is 70.6 Å². The second-order valence-corrected chi connectivity index (χ2v) is 9.85. The predicted octanol–water partition coefficient (Wildman–Crippen LogP) is 5.53. The first kappa shape index (κ1) is 23.1. The van der Waals surface area contributed by atoms with Gasteiger partial charge in [0, 0.05) is 21.6 Å². The van der Waals surface area contributed by atoms with Gasteiger partial charge in [-0.15, -0.1) is 11.3 Å². The first-order chi connectivity index (χ1) is 16.0. The average Bonchev–Trinajstić information content (AvgIpc) is 3.16. The molecule has 3 aromatic rings. The van der Waals surface area contributed by atoms with Gasteiger partial charge in [-0.05, 0) is 55.5 Å². The number of carbonyl (C=O) groups is 3. The second kappa shape index (κ2) is 10.7. The Bertz CT molecular complexity index is 1170. The van der Waals surface area contributed by atoms with Crippen LogP contribution in [-0.4, -0.2) is 24.4 Å². The monoisotopic (exact) mass is 480 g/mol. The summed E-state index contributed by atoms with van der Waals surface area (Å²) >= 11 is 2.96. The highest BCUT2D eigenvalue weighted by molar-refractivity contribution is 7.99. The van der Waals surface area contributed by atoms with E-state index in [1.54, 1.807) is 11.8 Å². The van der Waals surface area contributed by atoms with Gasteiger partial charge in [-0.2, -0.15) is 0 Å². The van der Waals surface area contributed by atoms with Crippen LogP contribution in [0.4, 0.5) is 10.7 Å². The molecule has 33 heavy (non-hydrogen) atoms. The number of benzene rings is 2. The van der Waals surface area contributed by atoms with Gasteiger partial charge in [0.2, 0.25) is 5.91 Å². The minimum atomic E-state index is -0.583. The molecule has 1 aliphatic rings. The lowest BCUT2D eigenvalue weighted by Gasteiger charge is -2.13. The zero-order valence-electron chi connectivity index (χ0n) is 18.2. The fourth-order valence-corrected chi connectivity index (χ4v) is 5.94. The SMILES string of the molecule is CC(=O)Nc1sc2c(c1C(=O)OCC(=O)Nc1ccccc1Sc1ccccc1)CCCC2. The number of hydrogen-bond donors (Lipinski definition) is 2. The Kier molecular flexibility index (Phi) is 7.47. The molecule has 0 saturated carbocycles. The Morgan fingerprint density at radius 2 is 1.70 bits per heavy atom. The number of nitrogens with one attached hydrogen (secondary N) is 2. The summed E-state index contributed by atoms with van der Waals surface area (Å²) in [6.07, 6.45) is 3.70. The van der Waals surface area contributed by atoms with Crippen LogP contribution in [0.25, 0.3) is 0 Å². The lowest BCUT2D eigenvalue weighted by Crippen LogP contribution is -2.22. The molecule has 0 radical (unpaired) electrons. The molecule has 2 aromatic carbocycles. The molecular formula is C25H24N2O4S2. The molecule has 1 heterocycles. The first-order valence-electron chi connectivity index (χ1n) is 10.7. The van der Waals surface area contributed by atoms with Crippen molar-refractivity contribution in [2.24, 2.45) is 0 Å². The number of aryl methyl sites for hydroxylation is 1. The van der Waals surface area contributed by atoms with E-state index in [1.165, 1.54) is 18.3 Å². The van der Waals surface area contributed by atoms with Crippen molar-refractivity contribution in [1.82, 2.24) is 0 Å². The number of para-hydroxylation sites is 1. The van der Waals surface area contributed by atoms with Gasteiger partial charge in [0.1, 0.15) is 5.00 Å². The number of rotatable bonds is 7. The summed E-state index contributed by atoms with van der Waals surface area (Å²) in [6, 6.07) is 17.4. The van der Waals surface area contributed by atoms with Crippen molar-refractivity contribution in [2.45, 2.75) is 42.4 Å². The number of amides is 2. The fraction of sp³-hybridized carbons (Fsp3) is 0.240. The van der Waals surface area contributed by atoms with E-state index in [1.807, 2.05) is 54.6 Å². The van der Waals surface area contributed by atoms with E-state index >= 15 is 0 Å². The summed E-state index contributed by atoms with van der Waals surface area (Å²) in [5, 5.41) is 6.09. The van der Waals surface area contributed by atoms with Gasteiger partial charge in [-0.3, -0.25) is 9.59 Å². The molecule has 0 saturated heterocycles. The van der Waals surface area contributed by atoms with Crippen LogP contribution in [0, 0.1) is 0 Å². The number of anilines is 2. The summed E-state index contributed by atoms with van der Waals surface area (Å²) in [5.74, 6) is -1.25. The van der Waals surface area contributed by atoms with Gasteiger partial charge < -0.3 is 15.4 Å². The van der Waals surface area contributed by atoms with Crippen molar-refractivity contribution in [2.75, 3.05) is 17.2 Å². The predicted molar refractivity (Wildman–Crippen MR) is 131 cm³/mol. The van der Waals surface area contributed by atoms with Crippen molar-refractivity contribution < 1.29 is 19.1 Å². The minimum Gasteiger partial charge on any atom is -0.452 e. The highest BCUT2D eigenvalue weighted by atomic mass is 32.2. The molecule has 0 aliphatic heterocycles. The maximum atomic E-state index is 12.9. The van der Waals surface area contributed by atoms with E-state index in [4.69, 9.17) is 4.74 Å². The first-order valence-corrected chi connectivity index (χ1v) is 12.4. The normalized spacial score (nSPS) is 12.5. The smallest absolute Gasteiger partial charge is 0.341 e. The molecule has 0 atom stereocenters. The number of esters is 1. The van der Waals surface area contributed by atoms with Gasteiger partial charge in [0.15, 0.2) is 6.61 Å². The summed E-state index contributed by atoms with van der Waals surface area (Å²) < 4.78 is 5.36. The Morgan fingerprint density at radius 1 is 0.970 bits per heavy atom. The van der Waals surface area contributed by atoms with Crippen LogP contribution < -0.4 is 10.6 Å². The van der Waals surface area contributed by atoms with Crippen molar-refractivity contribution in [3.8, 4) is 0 Å². The van der Waals surface area contributed by atoms with E-state index in [2.05, 4.69) is 10.6 Å². The number of carbonyl (C=O) groups excluding carboxylic acids is 3. The zero-order chi connectivity index (χ0) is 23.2. The molecule has 1 aromatic heterocycles. The van der Waals surface area contributed by atoms with Crippen molar-refractivity contribution >= 4 is 51.6 Å². The van der Waals surface area contributed by atoms with Crippen molar-refractivity contribution in [3.63, 3.8) is 0 Å². The fourth-order valence-electron chi connectivity index (χ4n) is 3.69. The molecule has 0 spiro atoms. The van der Waals surface area contributed by atoms with E-state index in [0.29, 0.717) is 16.3 Å². The molecular weight excluding hydrogens is 456 g/mol. The Morgan fingerprint density at radius 3 is 2.48 bits per heavy atom. The van der Waals surface area contributed by atoms with Gasteiger partial charge in [-0.1, -0.05) is 42.1 Å². The van der Waals surface area contributed by atoms with Crippen LogP contribution in [0.3, 0.4) is 0 Å². The van der Waals surface area contributed by atoms with Gasteiger partial charge in [-0.25, -0.2) is 4.79 Å². The zero-order valence-corrected chi connectivity index (χ0v) is 19.8. The molecule has 1 aliphatic carbocycles. The standard InChI is InChI=1S/C25H24N2O4S2/c1-16(28)26-24-23(18-11-5-7-13-20(18)33-24)25(30)31-15-22(29)27-19-12-6-8-14-21(19)32-17-9-3-2-4-10-17/h2-4,6,8-10,12,14H,5,7,11,13,15H2,1H3,(H,26,28)(H,27,29). The third-order valence-corrected chi connectivity index (χ3v) is 7.42. The van der Waals surface area contributed by atoms with Gasteiger partial charge in [0.25, 0.3) is 5.91 Å². The topological polar surface area (TPSA) is 84.5 Å². The number of thiophene rings is 1. The molecule has 0 fully saturated rings. The highest BCUT2D eigenvalue weighted by Crippen LogP contribution is 2.38. The molecule has 0 unspecified atom stereocenters. The van der Waals surface area contributed by atoms with Crippen LogP contribution >= 0.6 is 23.1 Å². The lowest BCUT2D eigenvalue weighted by atomic mass is 9.95. The van der Waals surface area contributed by atoms with Crippen molar-refractivity contribution in [1.29, 1.82) is 0 Å². The van der Waals surface area contributed by atoms with Crippen LogP contribution in [-0.2, 0) is 27.2 Å². The second-order valence-electron chi connectivity index (χ2n) is 7.63. The molecule has 4 rings (SSSR count). The minimum absolute atomic E-state index is 0.243. The number of hydrogen-bond acceptors (Lipinski definition) is 6. The summed E-state index contributed by atoms with van der Waals surface area (Å²) in [6.45, 7) is 0.999. The molecule has 170 valence electrons. The summed E-state index contributed by atoms with van der Waals surface area (Å²) in [4.78, 5) is 40.1. The van der Waals surface area contributed by atoms with E-state index in [0.717, 1.165) is 45.9 Å². The average molecular weight is 481 g/mol. The van der Waals surface area contributed by atoms with E-state index in [9.17, 15) is 14.4 Å². The molecule has 6 nitrogen and oxygen atoms in total. The largest absolute Gasteiger partial charge is 0.452 e. The Hall–Kier alpha value is -3.10. The van der Waals surface area contributed by atoms with E-state index < -0.39 is 18.5 Å². The van der Waals surface area contributed by atoms with Crippen LogP contribution in [0.1, 0.15) is 40.6 Å². The Labute approximate surface area is 200 Å². The Balaban J connectivity index is 1.43. The third kappa shape index (κ3) is 5.83. The molecule has 0 bridgehead atoms. The highest BCUT2D eigenvalue weighted by Gasteiger charge is 2.27. The van der Waals surface area contributed by atoms with Crippen LogP contribution in [0.5, 0.6) is 0 Å². The third-order valence-electron chi connectivity index (χ3n) is 5.13. The number of fused-ring (bicyclic) bond motifs is 1. The maximum absolute atomic E-state index is 12.9. The maximum Gasteiger partial charge on any atom is 0.341 e. The lowest BCUT2D eigenvalue weighted by molar-refractivity contribution is -0.119. The van der Waals surface area contributed by atoms with Crippen LogP contribution in [0.15, 0.2) is 64.4 Å². The van der Waals surface area contributed by atoms with Crippen LogP contribution in [0.2, 0.25) is 0 Å². The summed E-state index contributed by atoms with van der Waals surface area (Å²) in [7, 11) is 0. The van der Waals surface area contributed by atoms with E-state index in [-0.39, 0.29) is 5.91 Å². The molecule has 2 N–H and O–H groups in total. The summed E-state index contributed by atoms with van der Waals surface area (Å²) in [5.41, 5.74) is 1.97. The quantitative estimate of drug-likeness (QED) is 0.434.